The van der Waals surface area contributed by atoms with E-state index in [1.54, 1.807) is 25.3 Å². The van der Waals surface area contributed by atoms with Crippen molar-refractivity contribution in [2.75, 3.05) is 43.5 Å². The average molecular weight is 498 g/mol. The number of nitrogens with one attached hydrogen (secondary N) is 1. The third kappa shape index (κ3) is 4.39. The van der Waals surface area contributed by atoms with Crippen molar-refractivity contribution in [2.24, 2.45) is 0 Å². The summed E-state index contributed by atoms with van der Waals surface area (Å²) in [4.78, 5) is 11.4. The van der Waals surface area contributed by atoms with E-state index in [2.05, 4.69) is 24.0 Å². The van der Waals surface area contributed by atoms with Crippen LogP contribution in [0.15, 0.2) is 53.4 Å². The van der Waals surface area contributed by atoms with Gasteiger partial charge in [0.1, 0.15) is 27.5 Å². The van der Waals surface area contributed by atoms with Gasteiger partial charge in [0.15, 0.2) is 0 Å². The second kappa shape index (κ2) is 9.12. The van der Waals surface area contributed by atoms with Crippen LogP contribution < -0.4 is 15.0 Å². The molecule has 0 radical (unpaired) electrons. The number of piperazine rings is 1. The molecular formula is C22H23N7O3S2. The summed E-state index contributed by atoms with van der Waals surface area (Å²) in [6, 6.07) is 14.5. The number of fused-ring (bicyclic) bond motifs is 1. The number of hydrogen-bond donors (Lipinski definition) is 1. The van der Waals surface area contributed by atoms with Crippen LogP contribution >= 0.6 is 11.7 Å². The summed E-state index contributed by atoms with van der Waals surface area (Å²) in [5.74, 6) is 2.02. The Morgan fingerprint density at radius 3 is 2.50 bits per heavy atom. The first-order valence-electron chi connectivity index (χ1n) is 10.7. The molecule has 12 heteroatoms. The van der Waals surface area contributed by atoms with E-state index in [0.29, 0.717) is 49.0 Å². The van der Waals surface area contributed by atoms with Gasteiger partial charge in [-0.2, -0.15) is 18.0 Å². The molecule has 1 N–H and O–H groups in total. The smallest absolute Gasteiger partial charge is 0.245 e. The fraction of sp³-hybridized carbons (Fsp3) is 0.273. The van der Waals surface area contributed by atoms with Gasteiger partial charge < -0.3 is 15.0 Å². The number of hydrogen-bond acceptors (Lipinski definition) is 10. The van der Waals surface area contributed by atoms with E-state index in [1.165, 1.54) is 4.31 Å². The number of nitrogens with zero attached hydrogens (tertiary/aromatic N) is 6. The van der Waals surface area contributed by atoms with Crippen molar-refractivity contribution in [2.45, 2.75) is 11.8 Å². The molecule has 4 aromatic rings. The van der Waals surface area contributed by atoms with E-state index >= 15 is 0 Å². The van der Waals surface area contributed by atoms with Gasteiger partial charge in [-0.15, -0.1) is 0 Å². The van der Waals surface area contributed by atoms with Crippen LogP contribution in [0.1, 0.15) is 5.69 Å². The molecule has 0 aliphatic carbocycles. The first-order chi connectivity index (χ1) is 16.4. The van der Waals surface area contributed by atoms with Crippen molar-refractivity contribution in [3.05, 3.63) is 54.2 Å². The zero-order valence-corrected chi connectivity index (χ0v) is 20.3. The van der Waals surface area contributed by atoms with Crippen molar-refractivity contribution in [3.63, 3.8) is 0 Å². The highest BCUT2D eigenvalue weighted by atomic mass is 32.2. The summed E-state index contributed by atoms with van der Waals surface area (Å²) in [7, 11) is -2.05. The first-order valence-corrected chi connectivity index (χ1v) is 12.8. The molecule has 3 heterocycles. The summed E-state index contributed by atoms with van der Waals surface area (Å²) < 4.78 is 41.6. The second-order valence-electron chi connectivity index (χ2n) is 7.83. The minimum Gasteiger partial charge on any atom is -0.497 e. The third-order valence-corrected chi connectivity index (χ3v) is 8.07. The highest BCUT2D eigenvalue weighted by Gasteiger charge is 2.31. The molecule has 0 atom stereocenters. The van der Waals surface area contributed by atoms with Gasteiger partial charge in [-0.25, -0.2) is 13.4 Å². The molecule has 34 heavy (non-hydrogen) atoms. The number of ether oxygens (including phenoxy) is 1. The summed E-state index contributed by atoms with van der Waals surface area (Å²) in [6.45, 7) is 3.53. The largest absolute Gasteiger partial charge is 0.497 e. The molecule has 0 amide bonds. The fourth-order valence-corrected chi connectivity index (χ4v) is 6.01. The summed E-state index contributed by atoms with van der Waals surface area (Å²) in [6.07, 6.45) is 0. The van der Waals surface area contributed by atoms with E-state index in [9.17, 15) is 8.42 Å². The SMILES string of the molecule is COc1ccc(Nc2cc(C)nc(N3CCN(S(=O)(=O)c4cccc5nsnc45)CC3)n2)cc1. The van der Waals surface area contributed by atoms with Crippen LogP contribution in [-0.2, 0) is 10.0 Å². The average Bonchev–Trinajstić information content (AvgIpc) is 3.33. The van der Waals surface area contributed by atoms with Crippen molar-refractivity contribution < 1.29 is 13.2 Å². The van der Waals surface area contributed by atoms with Crippen LogP contribution in [0, 0.1) is 6.92 Å². The maximum atomic E-state index is 13.3. The zero-order chi connectivity index (χ0) is 23.7. The van der Waals surface area contributed by atoms with Gasteiger partial charge in [-0.1, -0.05) is 6.07 Å². The number of methoxy groups -OCH3 is 1. The summed E-state index contributed by atoms with van der Waals surface area (Å²) in [5.41, 5.74) is 2.71. The maximum Gasteiger partial charge on any atom is 0.245 e. The van der Waals surface area contributed by atoms with Gasteiger partial charge >= 0.3 is 0 Å². The van der Waals surface area contributed by atoms with E-state index in [4.69, 9.17) is 4.74 Å². The van der Waals surface area contributed by atoms with Crippen molar-refractivity contribution in [3.8, 4) is 5.75 Å². The van der Waals surface area contributed by atoms with Gasteiger partial charge in [0.05, 0.1) is 18.8 Å². The standard InChI is InChI=1S/C22H23N7O3S2/c1-15-14-20(24-16-6-8-17(32-2)9-7-16)25-22(23-15)28-10-12-29(13-11-28)34(30,31)19-5-3-4-18-21(19)27-33-26-18/h3-9,14H,10-13H2,1-2H3,(H,23,24,25). The highest BCUT2D eigenvalue weighted by Crippen LogP contribution is 2.26. The third-order valence-electron chi connectivity index (χ3n) is 5.59. The van der Waals surface area contributed by atoms with Crippen LogP contribution in [0.2, 0.25) is 0 Å². The molecule has 1 aliphatic heterocycles. The lowest BCUT2D eigenvalue weighted by Gasteiger charge is -2.34. The number of anilines is 3. The molecular weight excluding hydrogens is 474 g/mol. The number of aromatic nitrogens is 4. The predicted molar refractivity (Wildman–Crippen MR) is 131 cm³/mol. The quantitative estimate of drug-likeness (QED) is 0.429. The topological polar surface area (TPSA) is 113 Å². The lowest BCUT2D eigenvalue weighted by atomic mass is 10.3. The number of benzene rings is 2. The van der Waals surface area contributed by atoms with Gasteiger partial charge in [0.2, 0.25) is 16.0 Å². The Balaban J connectivity index is 1.31. The first kappa shape index (κ1) is 22.4. The van der Waals surface area contributed by atoms with E-state index in [-0.39, 0.29) is 4.90 Å². The van der Waals surface area contributed by atoms with Gasteiger partial charge in [0, 0.05) is 43.6 Å². The Labute approximate surface area is 201 Å². The Hall–Kier alpha value is -3.35. The summed E-state index contributed by atoms with van der Waals surface area (Å²) >= 11 is 1.01. The van der Waals surface area contributed by atoms with Crippen molar-refractivity contribution in [1.29, 1.82) is 0 Å². The van der Waals surface area contributed by atoms with Gasteiger partial charge in [-0.3, -0.25) is 0 Å². The Morgan fingerprint density at radius 1 is 1.00 bits per heavy atom. The number of rotatable bonds is 6. The van der Waals surface area contributed by atoms with Crippen molar-refractivity contribution in [1.82, 2.24) is 23.0 Å². The molecule has 176 valence electrons. The molecule has 0 bridgehead atoms. The van der Waals surface area contributed by atoms with Gasteiger partial charge in [0.25, 0.3) is 0 Å². The lowest BCUT2D eigenvalue weighted by Crippen LogP contribution is -2.49. The Kier molecular flexibility index (Phi) is 6.02. The molecule has 0 spiro atoms. The molecule has 1 saturated heterocycles. The van der Waals surface area contributed by atoms with E-state index in [1.807, 2.05) is 42.2 Å². The molecule has 2 aromatic carbocycles. The molecule has 5 rings (SSSR count). The zero-order valence-electron chi connectivity index (χ0n) is 18.7. The van der Waals surface area contributed by atoms with E-state index < -0.39 is 10.0 Å². The van der Waals surface area contributed by atoms with Crippen LogP contribution in [0.3, 0.4) is 0 Å². The normalized spacial score (nSPS) is 14.9. The van der Waals surface area contributed by atoms with E-state index in [0.717, 1.165) is 28.9 Å². The van der Waals surface area contributed by atoms with Crippen LogP contribution in [0.25, 0.3) is 11.0 Å². The molecule has 2 aromatic heterocycles. The molecule has 0 unspecified atom stereocenters. The van der Waals surface area contributed by atoms with Gasteiger partial charge in [-0.05, 0) is 43.3 Å². The van der Waals surface area contributed by atoms with Crippen LogP contribution in [-0.4, -0.2) is 64.7 Å². The molecule has 1 aliphatic rings. The molecule has 10 nitrogen and oxygen atoms in total. The fourth-order valence-electron chi connectivity index (χ4n) is 3.84. The Bertz CT molecular complexity index is 1420. The molecule has 0 saturated carbocycles. The van der Waals surface area contributed by atoms with Crippen molar-refractivity contribution >= 4 is 50.2 Å². The lowest BCUT2D eigenvalue weighted by molar-refractivity contribution is 0.383. The minimum atomic E-state index is -3.68. The number of sulfonamides is 1. The highest BCUT2D eigenvalue weighted by molar-refractivity contribution is 7.89. The minimum absolute atomic E-state index is 0.199. The molecule has 1 fully saturated rings. The summed E-state index contributed by atoms with van der Waals surface area (Å²) in [5, 5.41) is 3.29. The van der Waals surface area contributed by atoms with Crippen LogP contribution in [0.4, 0.5) is 17.5 Å². The maximum absolute atomic E-state index is 13.3. The monoisotopic (exact) mass is 497 g/mol. The second-order valence-corrected chi connectivity index (χ2v) is 10.3. The number of aryl methyl sites for hydroxylation is 1. The predicted octanol–water partition coefficient (Wildman–Crippen LogP) is 3.05. The Morgan fingerprint density at radius 2 is 1.76 bits per heavy atom. The van der Waals surface area contributed by atoms with Crippen LogP contribution in [0.5, 0.6) is 5.75 Å².